The van der Waals surface area contributed by atoms with Crippen molar-refractivity contribution in [3.05, 3.63) is 88.8 Å². The number of hydrogen-bond acceptors (Lipinski definition) is 5. The first-order valence-electron chi connectivity index (χ1n) is 8.57. The molecule has 136 valence electrons. The summed E-state index contributed by atoms with van der Waals surface area (Å²) >= 11 is 1.59. The van der Waals surface area contributed by atoms with Gasteiger partial charge in [-0.05, 0) is 42.6 Å². The summed E-state index contributed by atoms with van der Waals surface area (Å²) in [4.78, 5) is 15.8. The van der Waals surface area contributed by atoms with Crippen LogP contribution in [0.3, 0.4) is 0 Å². The first kappa shape index (κ1) is 17.3. The molecule has 6 heteroatoms. The monoisotopic (exact) mass is 378 g/mol. The predicted octanol–water partition coefficient (Wildman–Crippen LogP) is 5.15. The number of furan rings is 1. The third kappa shape index (κ3) is 4.01. The standard InChI is InChI=1S/C21H18N2O3S/c1-15-6-8-16(9-7-15)21(24)23(14-18-4-2-10-25-18)13-17-12-19(26-22-17)20-5-3-11-27-20/h2-12H,13-14H2,1H3. The average molecular weight is 378 g/mol. The molecule has 3 heterocycles. The second-order valence-electron chi connectivity index (χ2n) is 6.27. The van der Waals surface area contributed by atoms with Gasteiger partial charge < -0.3 is 13.8 Å². The third-order valence-corrected chi connectivity index (χ3v) is 5.07. The summed E-state index contributed by atoms with van der Waals surface area (Å²) in [7, 11) is 0. The molecule has 0 aliphatic carbocycles. The highest BCUT2D eigenvalue weighted by Gasteiger charge is 2.20. The van der Waals surface area contributed by atoms with Crippen LogP contribution in [0, 0.1) is 6.92 Å². The van der Waals surface area contributed by atoms with E-state index in [1.54, 1.807) is 22.5 Å². The summed E-state index contributed by atoms with van der Waals surface area (Å²) < 4.78 is 10.9. The van der Waals surface area contributed by atoms with Crippen LogP contribution in [0.1, 0.15) is 27.4 Å². The quantitative estimate of drug-likeness (QED) is 0.466. The van der Waals surface area contributed by atoms with Gasteiger partial charge in [0.2, 0.25) is 0 Å². The fourth-order valence-electron chi connectivity index (χ4n) is 2.79. The molecule has 0 unspecified atom stereocenters. The zero-order valence-electron chi connectivity index (χ0n) is 14.8. The second kappa shape index (κ2) is 7.63. The number of amides is 1. The predicted molar refractivity (Wildman–Crippen MR) is 103 cm³/mol. The number of rotatable bonds is 6. The Labute approximate surface area is 160 Å². The van der Waals surface area contributed by atoms with Gasteiger partial charge in [0.1, 0.15) is 11.5 Å². The second-order valence-corrected chi connectivity index (χ2v) is 7.21. The van der Waals surface area contributed by atoms with E-state index in [0.717, 1.165) is 16.2 Å². The summed E-state index contributed by atoms with van der Waals surface area (Å²) in [6, 6.07) is 17.0. The molecule has 3 aromatic heterocycles. The lowest BCUT2D eigenvalue weighted by Gasteiger charge is -2.20. The van der Waals surface area contributed by atoms with E-state index in [9.17, 15) is 4.79 Å². The van der Waals surface area contributed by atoms with E-state index in [-0.39, 0.29) is 5.91 Å². The average Bonchev–Trinajstić information content (AvgIpc) is 3.43. The molecule has 4 rings (SSSR count). The Balaban J connectivity index is 1.58. The van der Waals surface area contributed by atoms with Crippen LogP contribution in [0.15, 0.2) is 75.2 Å². The van der Waals surface area contributed by atoms with Crippen molar-refractivity contribution in [2.24, 2.45) is 0 Å². The Morgan fingerprint density at radius 2 is 1.96 bits per heavy atom. The van der Waals surface area contributed by atoms with Gasteiger partial charge in [0.25, 0.3) is 5.91 Å². The van der Waals surface area contributed by atoms with Crippen LogP contribution >= 0.6 is 11.3 Å². The van der Waals surface area contributed by atoms with Crippen molar-refractivity contribution in [3.8, 4) is 10.6 Å². The number of aryl methyl sites for hydroxylation is 1. The zero-order valence-corrected chi connectivity index (χ0v) is 15.6. The maximum absolute atomic E-state index is 13.1. The van der Waals surface area contributed by atoms with Gasteiger partial charge in [0.05, 0.1) is 24.2 Å². The molecule has 4 aromatic rings. The lowest BCUT2D eigenvalue weighted by Crippen LogP contribution is -2.30. The van der Waals surface area contributed by atoms with Crippen molar-refractivity contribution < 1.29 is 13.7 Å². The van der Waals surface area contributed by atoms with E-state index in [1.165, 1.54) is 0 Å². The molecular formula is C21H18N2O3S. The molecule has 0 spiro atoms. The Morgan fingerprint density at radius 3 is 2.67 bits per heavy atom. The summed E-state index contributed by atoms with van der Waals surface area (Å²) in [6.45, 7) is 2.69. The van der Waals surface area contributed by atoms with Gasteiger partial charge in [-0.3, -0.25) is 4.79 Å². The number of carbonyl (C=O) groups excluding carboxylic acids is 1. The minimum absolute atomic E-state index is 0.0768. The maximum atomic E-state index is 13.1. The summed E-state index contributed by atoms with van der Waals surface area (Å²) in [5, 5.41) is 6.13. The Hall–Kier alpha value is -3.12. The smallest absolute Gasteiger partial charge is 0.254 e. The number of thiophene rings is 1. The first-order valence-corrected chi connectivity index (χ1v) is 9.45. The molecule has 0 aliphatic rings. The van der Waals surface area contributed by atoms with Crippen LogP contribution in [0.2, 0.25) is 0 Å². The van der Waals surface area contributed by atoms with Crippen LogP contribution in [0.5, 0.6) is 0 Å². The Kier molecular flexibility index (Phi) is 4.89. The van der Waals surface area contributed by atoms with E-state index in [4.69, 9.17) is 8.94 Å². The summed E-state index contributed by atoms with van der Waals surface area (Å²) in [6.07, 6.45) is 1.61. The molecule has 0 radical (unpaired) electrons. The first-order chi connectivity index (χ1) is 13.2. The van der Waals surface area contributed by atoms with Crippen molar-refractivity contribution in [3.63, 3.8) is 0 Å². The lowest BCUT2D eigenvalue weighted by atomic mass is 10.1. The molecular weight excluding hydrogens is 360 g/mol. The minimum atomic E-state index is -0.0768. The minimum Gasteiger partial charge on any atom is -0.467 e. The largest absolute Gasteiger partial charge is 0.467 e. The third-order valence-electron chi connectivity index (χ3n) is 4.19. The lowest BCUT2D eigenvalue weighted by molar-refractivity contribution is 0.0714. The van der Waals surface area contributed by atoms with Crippen molar-refractivity contribution in [1.82, 2.24) is 10.1 Å². The molecule has 0 N–H and O–H groups in total. The van der Waals surface area contributed by atoms with E-state index in [0.29, 0.717) is 30.1 Å². The van der Waals surface area contributed by atoms with Gasteiger partial charge in [0.15, 0.2) is 5.76 Å². The van der Waals surface area contributed by atoms with Gasteiger partial charge >= 0.3 is 0 Å². The van der Waals surface area contributed by atoms with Crippen molar-refractivity contribution in [2.45, 2.75) is 20.0 Å². The van der Waals surface area contributed by atoms with Gasteiger partial charge in [-0.1, -0.05) is 28.9 Å². The highest BCUT2D eigenvalue weighted by Crippen LogP contribution is 2.26. The van der Waals surface area contributed by atoms with Gasteiger partial charge in [-0.2, -0.15) is 0 Å². The van der Waals surface area contributed by atoms with Crippen molar-refractivity contribution >= 4 is 17.2 Å². The molecule has 1 aromatic carbocycles. The van der Waals surface area contributed by atoms with E-state index >= 15 is 0 Å². The van der Waals surface area contributed by atoms with Crippen LogP contribution in [-0.2, 0) is 13.1 Å². The fraction of sp³-hybridized carbons (Fsp3) is 0.143. The topological polar surface area (TPSA) is 59.5 Å². The summed E-state index contributed by atoms with van der Waals surface area (Å²) in [5.74, 6) is 1.35. The van der Waals surface area contributed by atoms with Crippen LogP contribution in [0.25, 0.3) is 10.6 Å². The molecule has 0 saturated heterocycles. The van der Waals surface area contributed by atoms with Crippen molar-refractivity contribution in [2.75, 3.05) is 0 Å². The van der Waals surface area contributed by atoms with Crippen LogP contribution in [0.4, 0.5) is 0 Å². The molecule has 0 atom stereocenters. The number of aromatic nitrogens is 1. The molecule has 5 nitrogen and oxygen atoms in total. The highest BCUT2D eigenvalue weighted by atomic mass is 32.1. The number of nitrogens with zero attached hydrogens (tertiary/aromatic N) is 2. The normalized spacial score (nSPS) is 10.9. The van der Waals surface area contributed by atoms with Gasteiger partial charge in [-0.15, -0.1) is 11.3 Å². The molecule has 27 heavy (non-hydrogen) atoms. The number of hydrogen-bond donors (Lipinski definition) is 0. The van der Waals surface area contributed by atoms with Gasteiger partial charge in [-0.25, -0.2) is 0 Å². The maximum Gasteiger partial charge on any atom is 0.254 e. The van der Waals surface area contributed by atoms with E-state index < -0.39 is 0 Å². The van der Waals surface area contributed by atoms with Crippen LogP contribution in [-0.4, -0.2) is 16.0 Å². The van der Waals surface area contributed by atoms with Crippen LogP contribution < -0.4 is 0 Å². The molecule has 0 aliphatic heterocycles. The van der Waals surface area contributed by atoms with Crippen molar-refractivity contribution in [1.29, 1.82) is 0 Å². The number of carbonyl (C=O) groups is 1. The summed E-state index contributed by atoms with van der Waals surface area (Å²) in [5.41, 5.74) is 2.45. The fourth-order valence-corrected chi connectivity index (χ4v) is 3.46. The Morgan fingerprint density at radius 1 is 1.11 bits per heavy atom. The zero-order chi connectivity index (χ0) is 18.6. The van der Waals surface area contributed by atoms with E-state index in [2.05, 4.69) is 5.16 Å². The molecule has 0 bridgehead atoms. The molecule has 1 amide bonds. The highest BCUT2D eigenvalue weighted by molar-refractivity contribution is 7.13. The Bertz CT molecular complexity index is 1000. The molecule has 0 saturated carbocycles. The van der Waals surface area contributed by atoms with E-state index in [1.807, 2.05) is 66.9 Å². The van der Waals surface area contributed by atoms with Gasteiger partial charge in [0, 0.05) is 11.6 Å². The molecule has 0 fully saturated rings. The SMILES string of the molecule is Cc1ccc(C(=O)N(Cc2cc(-c3cccs3)on2)Cc2ccco2)cc1. The number of benzene rings is 1.